The molecule has 7 N–H and O–H groups in total. The lowest BCUT2D eigenvalue weighted by Crippen LogP contribution is -2.14. The highest BCUT2D eigenvalue weighted by Gasteiger charge is 2.06. The summed E-state index contributed by atoms with van der Waals surface area (Å²) in [6.07, 6.45) is 0. The van der Waals surface area contributed by atoms with Gasteiger partial charge >= 0.3 is 0 Å². The topological polar surface area (TPSA) is 123 Å². The van der Waals surface area contributed by atoms with Crippen molar-refractivity contribution in [3.8, 4) is 5.75 Å². The summed E-state index contributed by atoms with van der Waals surface area (Å²) < 4.78 is 5.23. The predicted octanol–water partition coefficient (Wildman–Crippen LogP) is 0.800. The minimum atomic E-state index is 0.341. The zero-order valence-electron chi connectivity index (χ0n) is 10.3. The maximum atomic E-state index is 5.33. The first kappa shape index (κ1) is 12.9. The van der Waals surface area contributed by atoms with Crippen molar-refractivity contribution in [3.05, 3.63) is 30.3 Å². The molecule has 0 radical (unpaired) electrons. The van der Waals surface area contributed by atoms with Gasteiger partial charge in [-0.2, -0.15) is 9.97 Å². The molecule has 0 unspecified atom stereocenters. The Labute approximate surface area is 110 Å². The number of nitrogen functional groups attached to an aromatic ring is 2. The first-order chi connectivity index (χ1) is 9.26. The summed E-state index contributed by atoms with van der Waals surface area (Å²) in [5, 5.41) is 3.03. The number of rotatable bonds is 5. The number of ether oxygens (including phenoxy) is 1. The lowest BCUT2D eigenvalue weighted by molar-refractivity contribution is 0.417. The number of aromatic nitrogens is 2. The van der Waals surface area contributed by atoms with Crippen LogP contribution in [0.3, 0.4) is 0 Å². The predicted molar refractivity (Wildman–Crippen MR) is 73.9 cm³/mol. The van der Waals surface area contributed by atoms with Gasteiger partial charge in [-0.3, -0.25) is 0 Å². The van der Waals surface area contributed by atoms with E-state index in [0.717, 1.165) is 5.69 Å². The van der Waals surface area contributed by atoms with E-state index in [4.69, 9.17) is 16.4 Å². The molecule has 2 aromatic rings. The molecule has 2 rings (SSSR count). The molecule has 0 spiro atoms. The van der Waals surface area contributed by atoms with Gasteiger partial charge in [0.2, 0.25) is 5.95 Å². The first-order valence-corrected chi connectivity index (χ1v) is 5.49. The van der Waals surface area contributed by atoms with E-state index in [-0.39, 0.29) is 0 Å². The van der Waals surface area contributed by atoms with Crippen LogP contribution in [0.4, 0.5) is 23.3 Å². The fourth-order valence-corrected chi connectivity index (χ4v) is 1.52. The molecule has 0 aliphatic rings. The molecule has 1 aromatic heterocycles. The minimum absolute atomic E-state index is 0.341. The molecule has 0 bridgehead atoms. The van der Waals surface area contributed by atoms with Gasteiger partial charge in [0.15, 0.2) is 0 Å². The highest BCUT2D eigenvalue weighted by Crippen LogP contribution is 2.26. The van der Waals surface area contributed by atoms with Gasteiger partial charge < -0.3 is 20.9 Å². The molecule has 19 heavy (non-hydrogen) atoms. The number of methoxy groups -OCH3 is 1. The minimum Gasteiger partial charge on any atom is -0.495 e. The summed E-state index contributed by atoms with van der Waals surface area (Å²) in [5.74, 6) is 12.5. The van der Waals surface area contributed by atoms with E-state index in [9.17, 15) is 0 Å². The maximum Gasteiger partial charge on any atom is 0.231 e. The van der Waals surface area contributed by atoms with Gasteiger partial charge in [-0.1, -0.05) is 12.1 Å². The molecule has 0 saturated carbocycles. The summed E-state index contributed by atoms with van der Waals surface area (Å²) >= 11 is 0. The van der Waals surface area contributed by atoms with Crippen LogP contribution in [0, 0.1) is 0 Å². The zero-order valence-corrected chi connectivity index (χ0v) is 10.3. The van der Waals surface area contributed by atoms with Crippen LogP contribution in [0.1, 0.15) is 0 Å². The fraction of sp³-hybridized carbons (Fsp3) is 0.0909. The van der Waals surface area contributed by atoms with E-state index in [1.54, 1.807) is 13.2 Å². The summed E-state index contributed by atoms with van der Waals surface area (Å²) in [6.45, 7) is 0. The fourth-order valence-electron chi connectivity index (χ4n) is 1.52. The van der Waals surface area contributed by atoms with E-state index in [2.05, 4.69) is 26.1 Å². The van der Waals surface area contributed by atoms with Crippen molar-refractivity contribution in [2.45, 2.75) is 0 Å². The molecule has 1 heterocycles. The number of benzene rings is 1. The van der Waals surface area contributed by atoms with E-state index in [1.165, 1.54) is 0 Å². The standard InChI is InChI=1S/C11H15N7O/c1-19-8-5-3-2-4-7(8)14-11-15-9(17-12)6-10(16-11)18-13/h2-6H,12-13H2,1H3,(H3,14,15,16,17,18). The summed E-state index contributed by atoms with van der Waals surface area (Å²) in [7, 11) is 1.59. The van der Waals surface area contributed by atoms with Gasteiger partial charge in [-0.25, -0.2) is 11.7 Å². The molecule has 8 heteroatoms. The van der Waals surface area contributed by atoms with Crippen molar-refractivity contribution in [1.29, 1.82) is 0 Å². The van der Waals surface area contributed by atoms with E-state index in [0.29, 0.717) is 23.3 Å². The third kappa shape index (κ3) is 3.00. The molecule has 0 saturated heterocycles. The lowest BCUT2D eigenvalue weighted by Gasteiger charge is -2.11. The molecule has 1 aromatic carbocycles. The second kappa shape index (κ2) is 5.85. The second-order valence-corrected chi connectivity index (χ2v) is 3.58. The third-order valence-corrected chi connectivity index (χ3v) is 2.38. The van der Waals surface area contributed by atoms with Gasteiger partial charge in [0.05, 0.1) is 12.8 Å². The highest BCUT2D eigenvalue weighted by molar-refractivity contribution is 5.64. The summed E-state index contributed by atoms with van der Waals surface area (Å²) in [5.41, 5.74) is 5.62. The van der Waals surface area contributed by atoms with Crippen LogP contribution in [0.25, 0.3) is 0 Å². The van der Waals surface area contributed by atoms with Crippen LogP contribution in [0.5, 0.6) is 5.75 Å². The number of hydrazine groups is 2. The van der Waals surface area contributed by atoms with Crippen molar-refractivity contribution in [2.75, 3.05) is 23.3 Å². The molecule has 0 amide bonds. The Morgan fingerprint density at radius 3 is 2.26 bits per heavy atom. The molecule has 0 fully saturated rings. The van der Waals surface area contributed by atoms with Crippen LogP contribution < -0.4 is 32.6 Å². The number of nitrogens with zero attached hydrogens (tertiary/aromatic N) is 2. The molecule has 0 aliphatic carbocycles. The Bertz CT molecular complexity index is 538. The lowest BCUT2D eigenvalue weighted by atomic mass is 10.3. The normalized spacial score (nSPS) is 9.84. The quantitative estimate of drug-likeness (QED) is 0.395. The monoisotopic (exact) mass is 261 g/mol. The Morgan fingerprint density at radius 2 is 1.68 bits per heavy atom. The molecule has 100 valence electrons. The number of hydrogen-bond acceptors (Lipinski definition) is 8. The average molecular weight is 261 g/mol. The van der Waals surface area contributed by atoms with E-state index < -0.39 is 0 Å². The van der Waals surface area contributed by atoms with Crippen molar-refractivity contribution in [2.24, 2.45) is 11.7 Å². The Balaban J connectivity index is 2.32. The van der Waals surface area contributed by atoms with Crippen molar-refractivity contribution < 1.29 is 4.74 Å². The Morgan fingerprint density at radius 1 is 1.05 bits per heavy atom. The summed E-state index contributed by atoms with van der Waals surface area (Å²) in [6, 6.07) is 9.00. The molecule has 0 aliphatic heterocycles. The SMILES string of the molecule is COc1ccccc1Nc1nc(NN)cc(NN)n1. The van der Waals surface area contributed by atoms with Crippen LogP contribution in [-0.2, 0) is 0 Å². The van der Waals surface area contributed by atoms with Gasteiger partial charge in [0, 0.05) is 6.07 Å². The van der Waals surface area contributed by atoms with Crippen molar-refractivity contribution >= 4 is 23.3 Å². The van der Waals surface area contributed by atoms with Gasteiger partial charge in [-0.15, -0.1) is 0 Å². The average Bonchev–Trinajstić information content (AvgIpc) is 2.47. The molecular weight excluding hydrogens is 246 g/mol. The first-order valence-electron chi connectivity index (χ1n) is 5.49. The van der Waals surface area contributed by atoms with Gasteiger partial charge in [0.25, 0.3) is 0 Å². The summed E-state index contributed by atoms with van der Waals surface area (Å²) in [4.78, 5) is 8.32. The highest BCUT2D eigenvalue weighted by atomic mass is 16.5. The molecular formula is C11H15N7O. The van der Waals surface area contributed by atoms with Crippen molar-refractivity contribution in [1.82, 2.24) is 9.97 Å². The van der Waals surface area contributed by atoms with Crippen LogP contribution in [0.2, 0.25) is 0 Å². The molecule has 0 atom stereocenters. The number of hydrogen-bond donors (Lipinski definition) is 5. The largest absolute Gasteiger partial charge is 0.495 e. The number of para-hydroxylation sites is 2. The van der Waals surface area contributed by atoms with E-state index in [1.807, 2.05) is 24.3 Å². The van der Waals surface area contributed by atoms with Crippen molar-refractivity contribution in [3.63, 3.8) is 0 Å². The Hall–Kier alpha value is -2.58. The number of anilines is 4. The van der Waals surface area contributed by atoms with Gasteiger partial charge in [-0.05, 0) is 12.1 Å². The third-order valence-electron chi connectivity index (χ3n) is 2.38. The number of nitrogens with two attached hydrogens (primary N) is 2. The van der Waals surface area contributed by atoms with E-state index >= 15 is 0 Å². The smallest absolute Gasteiger partial charge is 0.231 e. The van der Waals surface area contributed by atoms with Gasteiger partial charge in [0.1, 0.15) is 17.4 Å². The Kier molecular flexibility index (Phi) is 3.96. The van der Waals surface area contributed by atoms with Crippen LogP contribution >= 0.6 is 0 Å². The van der Waals surface area contributed by atoms with Crippen LogP contribution in [-0.4, -0.2) is 17.1 Å². The van der Waals surface area contributed by atoms with Crippen LogP contribution in [0.15, 0.2) is 30.3 Å². The maximum absolute atomic E-state index is 5.33. The second-order valence-electron chi connectivity index (χ2n) is 3.58. The zero-order chi connectivity index (χ0) is 13.7. The number of nitrogens with one attached hydrogen (secondary N) is 3. The molecule has 8 nitrogen and oxygen atoms in total.